The van der Waals surface area contributed by atoms with E-state index in [0.717, 1.165) is 86.7 Å². The van der Waals surface area contributed by atoms with Gasteiger partial charge in [0.15, 0.2) is 0 Å². The molecule has 548 valence electrons. The summed E-state index contributed by atoms with van der Waals surface area (Å²) in [5.41, 5.74) is 2.99. The van der Waals surface area contributed by atoms with Crippen LogP contribution in [0, 0.1) is 17.5 Å². The molecule has 6 atom stereocenters. The van der Waals surface area contributed by atoms with Gasteiger partial charge in [0.25, 0.3) is 30.6 Å². The van der Waals surface area contributed by atoms with E-state index in [9.17, 15) is 52.8 Å². The summed E-state index contributed by atoms with van der Waals surface area (Å²) < 4.78 is 144. The highest BCUT2D eigenvalue weighted by Crippen LogP contribution is 2.34. The SMILES string of the molecule is C.CN(C)CCCOc1ccc(C2CC(C(=O)Nc3ccc(F)c(Cl)c3)N(C)S(=O)(=O)N2)cc1.CN(C)CCCOc1ccc([C@@H]2C[C@H](C(=O)Nc3ccc(F)c(Cl)c3)N(C)S(=O)(=O)N2)cc1.CN(C)CCCOc1ccc([C@H]2C[C@@H](C(=O)Nc3ccc(F)c(Cl)c3)N(C)S(=O)(=O)N2)cc1. The van der Waals surface area contributed by atoms with E-state index in [0.29, 0.717) is 37.1 Å². The minimum Gasteiger partial charge on any atom is -0.494 e. The number of carbonyl (C=O) groups excluding carboxylic acids is 3. The van der Waals surface area contributed by atoms with Crippen LogP contribution in [-0.4, -0.2) is 192 Å². The first-order valence-electron chi connectivity index (χ1n) is 31.4. The summed E-state index contributed by atoms with van der Waals surface area (Å²) in [6.07, 6.45) is 3.29. The Hall–Kier alpha value is -6.72. The van der Waals surface area contributed by atoms with Crippen molar-refractivity contribution >= 4 is 100 Å². The molecule has 3 fully saturated rings. The quantitative estimate of drug-likeness (QED) is 0.0308. The number of anilines is 3. The monoisotopic (exact) mass is 1510 g/mol. The number of halogens is 6. The highest BCUT2D eigenvalue weighted by Gasteiger charge is 2.43. The molecule has 0 aliphatic carbocycles. The van der Waals surface area contributed by atoms with Gasteiger partial charge in [-0.2, -0.15) is 52.3 Å². The Morgan fingerprint density at radius 3 is 0.870 bits per heavy atom. The molecule has 3 amide bonds. The molecule has 100 heavy (non-hydrogen) atoms. The number of amides is 3. The van der Waals surface area contributed by atoms with E-state index in [1.165, 1.54) is 57.5 Å². The third kappa shape index (κ3) is 23.9. The second-order valence-corrected chi connectivity index (χ2v) is 30.9. The fourth-order valence-corrected chi connectivity index (χ4v) is 14.8. The molecule has 9 rings (SSSR count). The predicted molar refractivity (Wildman–Crippen MR) is 385 cm³/mol. The molecule has 0 bridgehead atoms. The van der Waals surface area contributed by atoms with Gasteiger partial charge in [0.2, 0.25) is 17.7 Å². The topological polar surface area (TPSA) is 273 Å². The Morgan fingerprint density at radius 2 is 0.660 bits per heavy atom. The fourth-order valence-electron chi connectivity index (χ4n) is 10.5. The van der Waals surface area contributed by atoms with E-state index in [1.54, 1.807) is 72.8 Å². The maximum atomic E-state index is 13.4. The van der Waals surface area contributed by atoms with Gasteiger partial charge in [-0.3, -0.25) is 14.4 Å². The minimum atomic E-state index is -3.90. The lowest BCUT2D eigenvalue weighted by Crippen LogP contribution is -2.55. The zero-order valence-electron chi connectivity index (χ0n) is 56.1. The van der Waals surface area contributed by atoms with Gasteiger partial charge in [0.1, 0.15) is 52.8 Å². The smallest absolute Gasteiger partial charge is 0.280 e. The molecule has 6 aromatic carbocycles. The molecule has 0 radical (unpaired) electrons. The number of ether oxygens (including phenoxy) is 3. The van der Waals surface area contributed by atoms with Crippen LogP contribution in [0.1, 0.15) is 80.8 Å². The minimum absolute atomic E-state index is 0. The van der Waals surface area contributed by atoms with Crippen molar-refractivity contribution in [3.05, 3.63) is 177 Å². The highest BCUT2D eigenvalue weighted by molar-refractivity contribution is 7.87. The first-order valence-corrected chi connectivity index (χ1v) is 36.8. The summed E-state index contributed by atoms with van der Waals surface area (Å²) >= 11 is 17.3. The zero-order chi connectivity index (χ0) is 72.5. The molecule has 3 aliphatic heterocycles. The third-order valence-corrected chi connectivity index (χ3v) is 21.7. The lowest BCUT2D eigenvalue weighted by atomic mass is 9.99. The normalized spacial score (nSPS) is 20.3. The van der Waals surface area contributed by atoms with Gasteiger partial charge < -0.3 is 44.9 Å². The van der Waals surface area contributed by atoms with E-state index < -0.39 is 102 Å². The predicted octanol–water partition coefficient (Wildman–Crippen LogP) is 9.72. The van der Waals surface area contributed by atoms with Crippen LogP contribution in [0.15, 0.2) is 127 Å². The van der Waals surface area contributed by atoms with Crippen LogP contribution < -0.4 is 44.3 Å². The lowest BCUT2D eigenvalue weighted by molar-refractivity contribution is -0.120. The van der Waals surface area contributed by atoms with Gasteiger partial charge in [-0.05, 0) is 188 Å². The Balaban J connectivity index is 0.000000235. The molecule has 33 heteroatoms. The second kappa shape index (κ2) is 37.5. The van der Waals surface area contributed by atoms with Crippen LogP contribution in [0.3, 0.4) is 0 Å². The Kier molecular flexibility index (Phi) is 30.8. The first kappa shape index (κ1) is 82.2. The van der Waals surface area contributed by atoms with Crippen molar-refractivity contribution in [1.29, 1.82) is 0 Å². The molecule has 0 aromatic heterocycles. The van der Waals surface area contributed by atoms with Crippen molar-refractivity contribution in [1.82, 2.24) is 41.8 Å². The average Bonchev–Trinajstić information content (AvgIpc) is 0.792. The summed E-state index contributed by atoms with van der Waals surface area (Å²) in [6.45, 7) is 4.49. The molecular weight excluding hydrogens is 1420 g/mol. The van der Waals surface area contributed by atoms with Crippen molar-refractivity contribution < 1.29 is 67.0 Å². The number of carbonyl (C=O) groups is 3. The molecular formula is C67H88Cl3F3N12O12S3. The standard InChI is InChI=1S/3C22H28ClFN4O4S.CH4/c3*1-27(2)11-4-12-32-17-8-5-15(6-9-17)20-14-21(28(3)33(30,31)26-20)22(29)25-16-7-10-19(24)18(23)13-16;/h3*5-10,13,20-21,26H,4,11-12,14H2,1-3H3,(H,25,29);1H4/t2*20-,21+;;/m10../s1. The van der Waals surface area contributed by atoms with Crippen molar-refractivity contribution in [3.63, 3.8) is 0 Å². The van der Waals surface area contributed by atoms with Crippen LogP contribution in [0.2, 0.25) is 15.1 Å². The molecule has 3 heterocycles. The summed E-state index contributed by atoms with van der Waals surface area (Å²) in [5.74, 6) is -1.35. The summed E-state index contributed by atoms with van der Waals surface area (Å²) in [4.78, 5) is 44.9. The van der Waals surface area contributed by atoms with Gasteiger partial charge in [-0.25, -0.2) is 13.2 Å². The van der Waals surface area contributed by atoms with Crippen LogP contribution in [0.25, 0.3) is 0 Å². The fraction of sp³-hybridized carbons (Fsp3) is 0.418. The van der Waals surface area contributed by atoms with E-state index in [4.69, 9.17) is 49.0 Å². The first-order chi connectivity index (χ1) is 46.7. The number of rotatable bonds is 24. The Bertz CT molecular complexity index is 3660. The highest BCUT2D eigenvalue weighted by atomic mass is 35.5. The van der Waals surface area contributed by atoms with Gasteiger partial charge in [0.05, 0.1) is 34.9 Å². The Morgan fingerprint density at radius 1 is 0.430 bits per heavy atom. The van der Waals surface area contributed by atoms with E-state index >= 15 is 0 Å². The lowest BCUT2D eigenvalue weighted by Gasteiger charge is -2.36. The summed E-state index contributed by atoms with van der Waals surface area (Å²) in [5, 5.41) is 7.44. The molecule has 0 spiro atoms. The molecule has 0 saturated carbocycles. The molecule has 6 aromatic rings. The van der Waals surface area contributed by atoms with Gasteiger partial charge in [0, 0.05) is 76.0 Å². The van der Waals surface area contributed by atoms with Crippen LogP contribution >= 0.6 is 34.8 Å². The zero-order valence-corrected chi connectivity index (χ0v) is 60.9. The van der Waals surface area contributed by atoms with Crippen LogP contribution in [0.4, 0.5) is 30.2 Å². The van der Waals surface area contributed by atoms with E-state index in [2.05, 4.69) is 44.8 Å². The number of hydrogen-bond acceptors (Lipinski definition) is 15. The number of nitrogens with one attached hydrogen (secondary N) is 6. The number of benzene rings is 6. The molecule has 3 saturated heterocycles. The van der Waals surface area contributed by atoms with Gasteiger partial charge in [-0.15, -0.1) is 0 Å². The third-order valence-electron chi connectivity index (χ3n) is 16.1. The largest absolute Gasteiger partial charge is 0.494 e. The van der Waals surface area contributed by atoms with Crippen molar-refractivity contribution in [2.24, 2.45) is 0 Å². The number of nitrogens with zero attached hydrogens (tertiary/aromatic N) is 6. The molecule has 3 aliphatic rings. The van der Waals surface area contributed by atoms with E-state index in [1.807, 2.05) is 42.3 Å². The number of likely N-dealkylation sites (N-methyl/N-ethyl adjacent to an activating group) is 3. The Labute approximate surface area is 600 Å². The summed E-state index contributed by atoms with van der Waals surface area (Å²) in [7, 11) is 4.33. The average molecular weight is 1510 g/mol. The summed E-state index contributed by atoms with van der Waals surface area (Å²) in [6, 6.07) is 28.1. The van der Waals surface area contributed by atoms with Crippen LogP contribution in [-0.2, 0) is 45.0 Å². The van der Waals surface area contributed by atoms with Crippen molar-refractivity contribution in [2.45, 2.75) is 82.2 Å². The van der Waals surface area contributed by atoms with Crippen molar-refractivity contribution in [3.8, 4) is 17.2 Å². The van der Waals surface area contributed by atoms with Crippen molar-refractivity contribution in [2.75, 3.05) is 119 Å². The molecule has 24 nitrogen and oxygen atoms in total. The van der Waals surface area contributed by atoms with E-state index in [-0.39, 0.29) is 58.8 Å². The maximum absolute atomic E-state index is 13.4. The number of hydrogen-bond donors (Lipinski definition) is 6. The molecule has 6 N–H and O–H groups in total. The maximum Gasteiger partial charge on any atom is 0.280 e. The second-order valence-electron chi connectivity index (χ2n) is 24.4. The van der Waals surface area contributed by atoms with Gasteiger partial charge in [-0.1, -0.05) is 78.6 Å². The molecule has 2 unspecified atom stereocenters. The van der Waals surface area contributed by atoms with Crippen LogP contribution in [0.5, 0.6) is 17.2 Å². The van der Waals surface area contributed by atoms with Gasteiger partial charge >= 0.3 is 0 Å².